The van der Waals surface area contributed by atoms with Crippen molar-refractivity contribution in [1.82, 2.24) is 14.5 Å². The molecule has 3 aliphatic rings. The molecule has 0 amide bonds. The molecule has 14 aromatic rings. The van der Waals surface area contributed by atoms with Gasteiger partial charge in [-0.3, -0.25) is 0 Å². The van der Waals surface area contributed by atoms with Crippen LogP contribution < -0.4 is 26.2 Å². The van der Waals surface area contributed by atoms with Crippen LogP contribution >= 0.6 is 0 Å². The maximum absolute atomic E-state index is 5.35. The third-order valence-corrected chi connectivity index (χ3v) is 18.2. The van der Waals surface area contributed by atoms with Gasteiger partial charge in [-0.25, -0.2) is 9.97 Å². The van der Waals surface area contributed by atoms with Crippen LogP contribution in [-0.4, -0.2) is 21.2 Å². The minimum absolute atomic E-state index is 0.0755. The summed E-state index contributed by atoms with van der Waals surface area (Å²) >= 11 is 0. The zero-order valence-electron chi connectivity index (χ0n) is 47.0. The topological polar surface area (TPSA) is 37.2 Å². The van der Waals surface area contributed by atoms with Gasteiger partial charge in [-0.05, 0) is 146 Å². The Hall–Kier alpha value is -10.8. The van der Waals surface area contributed by atoms with Crippen molar-refractivity contribution in [3.8, 4) is 73.0 Å². The first-order chi connectivity index (χ1) is 41.9. The van der Waals surface area contributed by atoms with E-state index < -0.39 is 0 Å². The number of nitrogens with zero attached hydrogens (tertiary/aromatic N) is 5. The van der Waals surface area contributed by atoms with Crippen LogP contribution in [0.2, 0.25) is 0 Å². The summed E-state index contributed by atoms with van der Waals surface area (Å²) in [6.45, 7) is 4.82. The molecule has 398 valence electrons. The van der Waals surface area contributed by atoms with Gasteiger partial charge in [-0.15, -0.1) is 0 Å². The lowest BCUT2D eigenvalue weighted by molar-refractivity contribution is 0.661. The van der Waals surface area contributed by atoms with E-state index >= 15 is 0 Å². The summed E-state index contributed by atoms with van der Waals surface area (Å²) in [6, 6.07) is 106. The number of hydrogen-bond donors (Lipinski definition) is 0. The van der Waals surface area contributed by atoms with Crippen LogP contribution in [0.5, 0.6) is 0 Å². The summed E-state index contributed by atoms with van der Waals surface area (Å²) in [5, 5.41) is 2.46. The molecule has 6 heteroatoms. The number of hydrogen-bond acceptors (Lipinski definition) is 4. The summed E-state index contributed by atoms with van der Waals surface area (Å²) in [5.74, 6) is 0.670. The SMILES string of the molecule is CC1(C)c2ccccc2-c2cc3c4ccccc4n(-c4ccc(-c5nc(-c6ccccc6)cc(-c6ccccc6)n5)cc4-c4ccc(-c5cccc(N6c7ccccc7B7c8ccccc8N(c8ccccc8)c8cccc6c87)c5)cc4)c3cc21. The second kappa shape index (κ2) is 19.1. The number of para-hydroxylation sites is 4. The van der Waals surface area contributed by atoms with Gasteiger partial charge in [0.1, 0.15) is 0 Å². The molecule has 17 rings (SSSR count). The molecular formula is C79H54BN5. The van der Waals surface area contributed by atoms with Gasteiger partial charge >= 0.3 is 0 Å². The predicted octanol–water partition coefficient (Wildman–Crippen LogP) is 18.3. The van der Waals surface area contributed by atoms with Crippen molar-refractivity contribution in [2.45, 2.75) is 19.3 Å². The quantitative estimate of drug-likeness (QED) is 0.142. The van der Waals surface area contributed by atoms with E-state index in [4.69, 9.17) is 9.97 Å². The second-order valence-electron chi connectivity index (χ2n) is 23.3. The van der Waals surface area contributed by atoms with Crippen LogP contribution in [-0.2, 0) is 5.41 Å². The highest BCUT2D eigenvalue weighted by atomic mass is 15.2. The summed E-state index contributed by atoms with van der Waals surface area (Å²) < 4.78 is 2.50. The largest absolute Gasteiger partial charge is 0.311 e. The van der Waals surface area contributed by atoms with E-state index in [1.54, 1.807) is 0 Å². The van der Waals surface area contributed by atoms with Crippen molar-refractivity contribution in [2.24, 2.45) is 0 Å². The van der Waals surface area contributed by atoms with Gasteiger partial charge in [0.15, 0.2) is 5.82 Å². The molecule has 0 bridgehead atoms. The lowest BCUT2D eigenvalue weighted by Gasteiger charge is -2.44. The first-order valence-electron chi connectivity index (χ1n) is 29.4. The predicted molar refractivity (Wildman–Crippen MR) is 355 cm³/mol. The molecule has 0 saturated carbocycles. The van der Waals surface area contributed by atoms with Crippen LogP contribution in [0, 0.1) is 0 Å². The highest BCUT2D eigenvalue weighted by Crippen LogP contribution is 2.52. The van der Waals surface area contributed by atoms with E-state index in [0.717, 1.165) is 72.9 Å². The lowest BCUT2D eigenvalue weighted by Crippen LogP contribution is -2.61. The third-order valence-electron chi connectivity index (χ3n) is 18.2. The standard InChI is InChI=1S/C79H54BN5/c1-79(2)64-32-14-12-30-59(64)62-48-63-60-31-13-17-35-70(60)85(76(63)49-65(62)79)71-45-44-56(78-81-68(53-22-6-3-7-23-53)50-69(82-78)54-24-8-4-9-25-54)47-61(71)52-42-40-51(41-43-52)55-26-20-29-58(46-55)84-73-37-19-16-34-67(73)80-66-33-15-18-36-72(66)83(57-27-10-5-11-28-57)74-38-21-39-75(84)77(74)80/h3-50H,1-2H3. The van der Waals surface area contributed by atoms with Gasteiger partial charge in [0.05, 0.1) is 28.1 Å². The van der Waals surface area contributed by atoms with Gasteiger partial charge in [-0.1, -0.05) is 214 Å². The Balaban J connectivity index is 0.824. The molecule has 2 aromatic heterocycles. The van der Waals surface area contributed by atoms with Crippen molar-refractivity contribution in [3.63, 3.8) is 0 Å². The molecular weight excluding hydrogens is 1030 g/mol. The van der Waals surface area contributed by atoms with Crippen molar-refractivity contribution >= 4 is 79.0 Å². The molecule has 1 aliphatic carbocycles. The number of aromatic nitrogens is 3. The fourth-order valence-corrected chi connectivity index (χ4v) is 14.2. The van der Waals surface area contributed by atoms with E-state index in [1.807, 2.05) is 0 Å². The molecule has 2 aliphatic heterocycles. The second-order valence-corrected chi connectivity index (χ2v) is 23.3. The van der Waals surface area contributed by atoms with Crippen LogP contribution in [0.15, 0.2) is 291 Å². The molecule has 12 aromatic carbocycles. The van der Waals surface area contributed by atoms with Gasteiger partial charge < -0.3 is 14.4 Å². The number of anilines is 6. The summed E-state index contributed by atoms with van der Waals surface area (Å²) in [4.78, 5) is 15.6. The molecule has 0 N–H and O–H groups in total. The highest BCUT2D eigenvalue weighted by Gasteiger charge is 2.43. The Labute approximate surface area is 495 Å². The smallest absolute Gasteiger partial charge is 0.252 e. The van der Waals surface area contributed by atoms with Gasteiger partial charge in [0.25, 0.3) is 6.71 Å². The van der Waals surface area contributed by atoms with Gasteiger partial charge in [-0.2, -0.15) is 0 Å². The molecule has 0 atom stereocenters. The molecule has 0 saturated heterocycles. The van der Waals surface area contributed by atoms with E-state index in [2.05, 4.69) is 319 Å². The first kappa shape index (κ1) is 48.9. The minimum Gasteiger partial charge on any atom is -0.311 e. The third kappa shape index (κ3) is 7.65. The average molecular weight is 1080 g/mol. The number of benzene rings is 12. The lowest BCUT2D eigenvalue weighted by atomic mass is 9.33. The van der Waals surface area contributed by atoms with E-state index in [-0.39, 0.29) is 12.1 Å². The van der Waals surface area contributed by atoms with Crippen molar-refractivity contribution in [1.29, 1.82) is 0 Å². The Bertz CT molecular complexity index is 4930. The Morgan fingerprint density at radius 3 is 1.56 bits per heavy atom. The van der Waals surface area contributed by atoms with E-state index in [9.17, 15) is 0 Å². The van der Waals surface area contributed by atoms with Crippen molar-refractivity contribution in [3.05, 3.63) is 302 Å². The average Bonchev–Trinajstić information content (AvgIpc) is 2.05. The molecule has 0 unspecified atom stereocenters. The maximum Gasteiger partial charge on any atom is 0.252 e. The van der Waals surface area contributed by atoms with Crippen molar-refractivity contribution in [2.75, 3.05) is 9.80 Å². The Morgan fingerprint density at radius 2 is 0.859 bits per heavy atom. The van der Waals surface area contributed by atoms with Crippen LogP contribution in [0.4, 0.5) is 34.1 Å². The van der Waals surface area contributed by atoms with Gasteiger partial charge in [0, 0.05) is 72.6 Å². The molecule has 0 radical (unpaired) electrons. The van der Waals surface area contributed by atoms with Crippen LogP contribution in [0.25, 0.3) is 94.8 Å². The zero-order chi connectivity index (χ0) is 56.3. The first-order valence-corrected chi connectivity index (χ1v) is 29.4. The molecule has 0 fully saturated rings. The summed E-state index contributed by atoms with van der Waals surface area (Å²) in [5.41, 5.74) is 28.8. The Kier molecular flexibility index (Phi) is 11.0. The molecule has 85 heavy (non-hydrogen) atoms. The molecule has 0 spiro atoms. The van der Waals surface area contributed by atoms with Crippen LogP contribution in [0.3, 0.4) is 0 Å². The number of rotatable bonds is 8. The Morgan fingerprint density at radius 1 is 0.318 bits per heavy atom. The minimum atomic E-state index is -0.172. The fourth-order valence-electron chi connectivity index (χ4n) is 14.2. The number of fused-ring (bicyclic) bond motifs is 10. The van der Waals surface area contributed by atoms with E-state index in [1.165, 1.54) is 77.7 Å². The van der Waals surface area contributed by atoms with E-state index in [0.29, 0.717) is 5.82 Å². The monoisotopic (exact) mass is 1080 g/mol. The highest BCUT2D eigenvalue weighted by molar-refractivity contribution is 7.00. The van der Waals surface area contributed by atoms with Crippen molar-refractivity contribution < 1.29 is 0 Å². The normalized spacial score (nSPS) is 13.3. The summed E-state index contributed by atoms with van der Waals surface area (Å²) in [6.07, 6.45) is 0. The maximum atomic E-state index is 5.35. The molecule has 4 heterocycles. The zero-order valence-corrected chi connectivity index (χ0v) is 47.0. The van der Waals surface area contributed by atoms with Gasteiger partial charge in [0.2, 0.25) is 0 Å². The fraction of sp³-hybridized carbons (Fsp3) is 0.0380. The molecule has 5 nitrogen and oxygen atoms in total. The van der Waals surface area contributed by atoms with Crippen LogP contribution in [0.1, 0.15) is 25.0 Å². The summed E-state index contributed by atoms with van der Waals surface area (Å²) in [7, 11) is 0.